The first-order valence-electron chi connectivity index (χ1n) is 5.50. The van der Waals surface area contributed by atoms with Crippen LogP contribution in [0.4, 0.5) is 0 Å². The van der Waals surface area contributed by atoms with Gasteiger partial charge in [0, 0.05) is 17.0 Å². The largest absolute Gasteiger partial charge is 0.464 e. The van der Waals surface area contributed by atoms with Crippen LogP contribution in [-0.4, -0.2) is 0 Å². The highest BCUT2D eigenvalue weighted by Crippen LogP contribution is 2.31. The molecule has 2 aromatic heterocycles. The van der Waals surface area contributed by atoms with Crippen molar-refractivity contribution in [2.24, 2.45) is 0 Å². The number of benzene rings is 1. The van der Waals surface area contributed by atoms with Gasteiger partial charge in [-0.1, -0.05) is 0 Å². The Morgan fingerprint density at radius 1 is 1.06 bits per heavy atom. The molecule has 0 N–H and O–H groups in total. The summed E-state index contributed by atoms with van der Waals surface area (Å²) >= 11 is 0. The van der Waals surface area contributed by atoms with Crippen molar-refractivity contribution >= 4 is 21.9 Å². The zero-order chi connectivity index (χ0) is 12.2. The fourth-order valence-corrected chi connectivity index (χ4v) is 2.36. The maximum Gasteiger partial charge on any atom is 0.193 e. The van der Waals surface area contributed by atoms with Crippen molar-refractivity contribution in [2.75, 3.05) is 0 Å². The summed E-state index contributed by atoms with van der Waals surface area (Å²) in [6.07, 6.45) is 1.64. The second-order valence-corrected chi connectivity index (χ2v) is 4.34. The molecule has 0 amide bonds. The van der Waals surface area contributed by atoms with E-state index in [-0.39, 0.29) is 5.43 Å². The van der Waals surface area contributed by atoms with E-state index < -0.39 is 0 Å². The van der Waals surface area contributed by atoms with Crippen LogP contribution < -0.4 is 5.43 Å². The maximum absolute atomic E-state index is 12.0. The highest BCUT2D eigenvalue weighted by Gasteiger charge is 2.15. The quantitative estimate of drug-likeness (QED) is 0.591. The fourth-order valence-electron chi connectivity index (χ4n) is 2.36. The van der Waals surface area contributed by atoms with Gasteiger partial charge in [-0.25, -0.2) is 0 Å². The van der Waals surface area contributed by atoms with Gasteiger partial charge < -0.3 is 8.83 Å². The summed E-state index contributed by atoms with van der Waals surface area (Å²) in [5.41, 5.74) is 3.24. The molecule has 1 aromatic carbocycles. The predicted molar refractivity (Wildman–Crippen MR) is 66.5 cm³/mol. The molecule has 0 aliphatic heterocycles. The average molecular weight is 228 g/mol. The maximum atomic E-state index is 12.0. The summed E-state index contributed by atoms with van der Waals surface area (Å²) in [4.78, 5) is 12.0. The SMILES string of the molecule is Cc1cc(=O)c2c(C)c3ccoc3c(C)c2o1. The lowest BCUT2D eigenvalue weighted by molar-refractivity contribution is 0.559. The molecule has 0 radical (unpaired) electrons. The lowest BCUT2D eigenvalue weighted by Crippen LogP contribution is -2.03. The highest BCUT2D eigenvalue weighted by atomic mass is 16.3. The Morgan fingerprint density at radius 2 is 1.82 bits per heavy atom. The molecule has 3 nitrogen and oxygen atoms in total. The van der Waals surface area contributed by atoms with E-state index in [9.17, 15) is 4.79 Å². The van der Waals surface area contributed by atoms with E-state index in [1.54, 1.807) is 13.2 Å². The van der Waals surface area contributed by atoms with Crippen molar-refractivity contribution in [2.45, 2.75) is 20.8 Å². The van der Waals surface area contributed by atoms with Crippen LogP contribution in [0.15, 0.2) is 32.0 Å². The van der Waals surface area contributed by atoms with E-state index in [2.05, 4.69) is 0 Å². The van der Waals surface area contributed by atoms with Gasteiger partial charge in [-0.2, -0.15) is 0 Å². The van der Waals surface area contributed by atoms with Gasteiger partial charge in [0.2, 0.25) is 0 Å². The Balaban J connectivity index is 2.73. The lowest BCUT2D eigenvalue weighted by atomic mass is 10.0. The first-order valence-corrected chi connectivity index (χ1v) is 5.50. The van der Waals surface area contributed by atoms with Crippen molar-refractivity contribution in [3.05, 3.63) is 45.5 Å². The molecule has 0 aliphatic carbocycles. The summed E-state index contributed by atoms with van der Waals surface area (Å²) in [6.45, 7) is 5.61. The van der Waals surface area contributed by atoms with Gasteiger partial charge in [-0.3, -0.25) is 4.79 Å². The normalized spacial score (nSPS) is 11.5. The molecule has 0 saturated carbocycles. The van der Waals surface area contributed by atoms with Crippen LogP contribution in [0.5, 0.6) is 0 Å². The molecule has 0 saturated heterocycles. The molecule has 3 aromatic rings. The molecule has 3 heteroatoms. The van der Waals surface area contributed by atoms with Gasteiger partial charge in [-0.05, 0) is 32.4 Å². The third-order valence-corrected chi connectivity index (χ3v) is 3.20. The van der Waals surface area contributed by atoms with Gasteiger partial charge >= 0.3 is 0 Å². The summed E-state index contributed by atoms with van der Waals surface area (Å²) in [5, 5.41) is 1.63. The van der Waals surface area contributed by atoms with Crippen LogP contribution in [0.25, 0.3) is 21.9 Å². The summed E-state index contributed by atoms with van der Waals surface area (Å²) < 4.78 is 11.1. The molecule has 0 spiro atoms. The van der Waals surface area contributed by atoms with Gasteiger partial charge in [0.1, 0.15) is 16.9 Å². The minimum atomic E-state index is 0.00690. The Hall–Kier alpha value is -2.03. The molecule has 3 rings (SSSR count). The van der Waals surface area contributed by atoms with Gasteiger partial charge in [0.15, 0.2) is 5.43 Å². The average Bonchev–Trinajstić information content (AvgIpc) is 2.74. The van der Waals surface area contributed by atoms with Crippen molar-refractivity contribution in [1.82, 2.24) is 0 Å². The monoisotopic (exact) mass is 228 g/mol. The van der Waals surface area contributed by atoms with E-state index in [0.29, 0.717) is 16.7 Å². The van der Waals surface area contributed by atoms with Crippen LogP contribution in [0.2, 0.25) is 0 Å². The molecule has 0 aliphatic rings. The van der Waals surface area contributed by atoms with Gasteiger partial charge in [0.05, 0.1) is 11.6 Å². The van der Waals surface area contributed by atoms with E-state index in [1.165, 1.54) is 6.07 Å². The van der Waals surface area contributed by atoms with Crippen LogP contribution in [0, 0.1) is 20.8 Å². The van der Waals surface area contributed by atoms with Gasteiger partial charge in [-0.15, -0.1) is 0 Å². The van der Waals surface area contributed by atoms with Crippen LogP contribution in [-0.2, 0) is 0 Å². The summed E-state index contributed by atoms with van der Waals surface area (Å²) in [7, 11) is 0. The number of aryl methyl sites for hydroxylation is 3. The van der Waals surface area contributed by atoms with Crippen LogP contribution in [0.3, 0.4) is 0 Å². The van der Waals surface area contributed by atoms with E-state index in [0.717, 1.165) is 22.1 Å². The second-order valence-electron chi connectivity index (χ2n) is 4.34. The first kappa shape index (κ1) is 10.1. The van der Waals surface area contributed by atoms with Crippen LogP contribution in [0.1, 0.15) is 16.9 Å². The molecular weight excluding hydrogens is 216 g/mol. The van der Waals surface area contributed by atoms with E-state index >= 15 is 0 Å². The number of hydrogen-bond donors (Lipinski definition) is 0. The van der Waals surface area contributed by atoms with E-state index in [4.69, 9.17) is 8.83 Å². The zero-order valence-corrected chi connectivity index (χ0v) is 9.96. The first-order chi connectivity index (χ1) is 8.09. The number of fused-ring (bicyclic) bond motifs is 2. The lowest BCUT2D eigenvalue weighted by Gasteiger charge is -2.06. The molecule has 2 heterocycles. The molecule has 0 unspecified atom stereocenters. The van der Waals surface area contributed by atoms with Crippen molar-refractivity contribution in [3.63, 3.8) is 0 Å². The minimum Gasteiger partial charge on any atom is -0.464 e. The second kappa shape index (κ2) is 3.23. The van der Waals surface area contributed by atoms with E-state index in [1.807, 2.05) is 19.9 Å². The highest BCUT2D eigenvalue weighted by molar-refractivity contribution is 6.00. The molecule has 17 heavy (non-hydrogen) atoms. The number of hydrogen-bond acceptors (Lipinski definition) is 3. The number of rotatable bonds is 0. The summed E-state index contributed by atoms with van der Waals surface area (Å²) in [6, 6.07) is 3.41. The minimum absolute atomic E-state index is 0.00690. The zero-order valence-electron chi connectivity index (χ0n) is 9.96. The molecular formula is C14H12O3. The predicted octanol–water partition coefficient (Wildman–Crippen LogP) is 3.46. The van der Waals surface area contributed by atoms with Crippen molar-refractivity contribution in [1.29, 1.82) is 0 Å². The third-order valence-electron chi connectivity index (χ3n) is 3.20. The Morgan fingerprint density at radius 3 is 2.59 bits per heavy atom. The Labute approximate surface area is 97.7 Å². The molecule has 0 bridgehead atoms. The fraction of sp³-hybridized carbons (Fsp3) is 0.214. The molecule has 0 fully saturated rings. The van der Waals surface area contributed by atoms with Crippen molar-refractivity contribution in [3.8, 4) is 0 Å². The smallest absolute Gasteiger partial charge is 0.193 e. The molecule has 86 valence electrons. The topological polar surface area (TPSA) is 43.4 Å². The van der Waals surface area contributed by atoms with Gasteiger partial charge in [0.25, 0.3) is 0 Å². The molecule has 0 atom stereocenters. The third kappa shape index (κ3) is 1.25. The standard InChI is InChI=1S/C14H12O3/c1-7-6-11(15)12-8(2)10-4-5-16-13(10)9(3)14(12)17-7/h4-6H,1-3H3. The Kier molecular flexibility index (Phi) is 1.93. The van der Waals surface area contributed by atoms with Crippen molar-refractivity contribution < 1.29 is 8.83 Å². The van der Waals surface area contributed by atoms with Crippen LogP contribution >= 0.6 is 0 Å². The number of furan rings is 1. The summed E-state index contributed by atoms with van der Waals surface area (Å²) in [5.74, 6) is 0.621. The Bertz CT molecular complexity index is 790.